The van der Waals surface area contributed by atoms with Crippen LogP contribution in [0.1, 0.15) is 29.7 Å². The minimum atomic E-state index is -3.80. The Morgan fingerprint density at radius 2 is 1.62 bits per heavy atom. The summed E-state index contributed by atoms with van der Waals surface area (Å²) in [6.45, 7) is 3.87. The molecule has 7 nitrogen and oxygen atoms in total. The summed E-state index contributed by atoms with van der Waals surface area (Å²) in [5.74, 6) is 0.862. The standard InChI is InChI=1S/C26H28N2O5S/c1-18-9-15-24(32-3)22(17-18)19(2)27-26(29)16-12-20-10-13-21(14-11-20)34(30,31)28-23-7-5-6-8-25(23)33-4/h5-17,19,28H,1-4H3,(H,27,29)/b16-12+. The third-order valence-corrected chi connectivity index (χ3v) is 6.56. The number of amides is 1. The average Bonchev–Trinajstić information content (AvgIpc) is 2.83. The maximum absolute atomic E-state index is 12.7. The van der Waals surface area contributed by atoms with Crippen LogP contribution in [0.5, 0.6) is 11.5 Å². The van der Waals surface area contributed by atoms with Crippen molar-refractivity contribution in [2.24, 2.45) is 0 Å². The highest BCUT2D eigenvalue weighted by Crippen LogP contribution is 2.27. The largest absolute Gasteiger partial charge is 0.496 e. The smallest absolute Gasteiger partial charge is 0.262 e. The zero-order valence-corrected chi connectivity index (χ0v) is 20.3. The van der Waals surface area contributed by atoms with E-state index in [1.54, 1.807) is 49.6 Å². The lowest BCUT2D eigenvalue weighted by molar-refractivity contribution is -0.117. The van der Waals surface area contributed by atoms with Crippen molar-refractivity contribution in [1.29, 1.82) is 0 Å². The summed E-state index contributed by atoms with van der Waals surface area (Å²) in [7, 11) is -0.726. The van der Waals surface area contributed by atoms with Crippen molar-refractivity contribution in [3.8, 4) is 11.5 Å². The van der Waals surface area contributed by atoms with Crippen LogP contribution in [-0.4, -0.2) is 28.5 Å². The van der Waals surface area contributed by atoms with E-state index >= 15 is 0 Å². The number of hydrogen-bond acceptors (Lipinski definition) is 5. The maximum atomic E-state index is 12.7. The van der Waals surface area contributed by atoms with Crippen molar-refractivity contribution in [2.45, 2.75) is 24.8 Å². The van der Waals surface area contributed by atoms with E-state index in [2.05, 4.69) is 10.0 Å². The molecule has 1 amide bonds. The van der Waals surface area contributed by atoms with Crippen molar-refractivity contribution >= 4 is 27.7 Å². The fourth-order valence-corrected chi connectivity index (χ4v) is 4.46. The van der Waals surface area contributed by atoms with E-state index in [9.17, 15) is 13.2 Å². The first-order valence-electron chi connectivity index (χ1n) is 10.6. The summed E-state index contributed by atoms with van der Waals surface area (Å²) in [5, 5.41) is 2.92. The molecule has 3 aromatic rings. The van der Waals surface area contributed by atoms with Crippen molar-refractivity contribution in [3.05, 3.63) is 89.5 Å². The second-order valence-electron chi connectivity index (χ2n) is 7.68. The zero-order chi connectivity index (χ0) is 24.7. The summed E-state index contributed by atoms with van der Waals surface area (Å²) in [4.78, 5) is 12.5. The van der Waals surface area contributed by atoms with Gasteiger partial charge in [-0.05, 0) is 55.8 Å². The lowest BCUT2D eigenvalue weighted by Crippen LogP contribution is -2.25. The fourth-order valence-electron chi connectivity index (χ4n) is 3.39. The zero-order valence-electron chi connectivity index (χ0n) is 19.5. The highest BCUT2D eigenvalue weighted by atomic mass is 32.2. The van der Waals surface area contributed by atoms with Crippen molar-refractivity contribution < 1.29 is 22.7 Å². The number of carbonyl (C=O) groups is 1. The number of methoxy groups -OCH3 is 2. The lowest BCUT2D eigenvalue weighted by atomic mass is 10.0. The Bertz CT molecular complexity index is 1280. The van der Waals surface area contributed by atoms with Gasteiger partial charge >= 0.3 is 0 Å². The van der Waals surface area contributed by atoms with Gasteiger partial charge in [0.15, 0.2) is 0 Å². The normalized spacial score (nSPS) is 12.2. The van der Waals surface area contributed by atoms with E-state index in [-0.39, 0.29) is 16.8 Å². The number of hydrogen-bond donors (Lipinski definition) is 2. The number of carbonyl (C=O) groups excluding carboxylic acids is 1. The van der Waals surface area contributed by atoms with Crippen LogP contribution in [0.2, 0.25) is 0 Å². The van der Waals surface area contributed by atoms with E-state index in [1.165, 1.54) is 25.3 Å². The topological polar surface area (TPSA) is 93.7 Å². The molecule has 0 fully saturated rings. The first kappa shape index (κ1) is 24.9. The minimum Gasteiger partial charge on any atom is -0.496 e. The molecule has 0 spiro atoms. The van der Waals surface area contributed by atoms with Crippen LogP contribution in [0.15, 0.2) is 77.7 Å². The SMILES string of the molecule is COc1ccccc1NS(=O)(=O)c1ccc(/C=C/C(=O)NC(C)c2cc(C)ccc2OC)cc1. The molecule has 3 rings (SSSR count). The number of benzene rings is 3. The number of ether oxygens (including phenoxy) is 2. The molecule has 0 heterocycles. The van der Waals surface area contributed by atoms with Gasteiger partial charge in [0, 0.05) is 11.6 Å². The van der Waals surface area contributed by atoms with Crippen LogP contribution in [0, 0.1) is 6.92 Å². The molecule has 0 bridgehead atoms. The van der Waals surface area contributed by atoms with Crippen molar-refractivity contribution in [3.63, 3.8) is 0 Å². The van der Waals surface area contributed by atoms with Crippen LogP contribution in [-0.2, 0) is 14.8 Å². The fraction of sp³-hybridized carbons (Fsp3) is 0.192. The van der Waals surface area contributed by atoms with Crippen LogP contribution >= 0.6 is 0 Å². The molecule has 0 aliphatic carbocycles. The van der Waals surface area contributed by atoms with Crippen LogP contribution < -0.4 is 19.5 Å². The Hall–Kier alpha value is -3.78. The monoisotopic (exact) mass is 480 g/mol. The average molecular weight is 481 g/mol. The van der Waals surface area contributed by atoms with Gasteiger partial charge < -0.3 is 14.8 Å². The molecule has 0 saturated carbocycles. The van der Waals surface area contributed by atoms with Gasteiger partial charge in [-0.15, -0.1) is 0 Å². The number of para-hydroxylation sites is 2. The molecule has 0 radical (unpaired) electrons. The third-order valence-electron chi connectivity index (χ3n) is 5.18. The van der Waals surface area contributed by atoms with Gasteiger partial charge in [0.2, 0.25) is 5.91 Å². The molecule has 1 atom stereocenters. The Morgan fingerprint density at radius 1 is 0.941 bits per heavy atom. The summed E-state index contributed by atoms with van der Waals surface area (Å²) < 4.78 is 38.6. The molecular formula is C26H28N2O5S. The van der Waals surface area contributed by atoms with Gasteiger partial charge in [-0.1, -0.05) is 42.0 Å². The Morgan fingerprint density at radius 3 is 2.29 bits per heavy atom. The Balaban J connectivity index is 1.66. The number of rotatable bonds is 9. The van der Waals surface area contributed by atoms with Crippen molar-refractivity contribution in [1.82, 2.24) is 5.32 Å². The first-order chi connectivity index (χ1) is 16.2. The van der Waals surface area contributed by atoms with Crippen LogP contribution in [0.4, 0.5) is 5.69 Å². The summed E-state index contributed by atoms with van der Waals surface area (Å²) in [6, 6.07) is 18.6. The molecule has 0 aromatic heterocycles. The molecule has 34 heavy (non-hydrogen) atoms. The number of nitrogens with one attached hydrogen (secondary N) is 2. The van der Waals surface area contributed by atoms with Gasteiger partial charge in [0.1, 0.15) is 11.5 Å². The number of aryl methyl sites for hydroxylation is 1. The highest BCUT2D eigenvalue weighted by Gasteiger charge is 2.16. The second kappa shape index (κ2) is 10.9. The van der Waals surface area contributed by atoms with Crippen molar-refractivity contribution in [2.75, 3.05) is 18.9 Å². The van der Waals surface area contributed by atoms with Crippen LogP contribution in [0.3, 0.4) is 0 Å². The molecule has 1 unspecified atom stereocenters. The molecule has 178 valence electrons. The highest BCUT2D eigenvalue weighted by molar-refractivity contribution is 7.92. The van der Waals surface area contributed by atoms with Gasteiger partial charge in [-0.2, -0.15) is 0 Å². The molecule has 0 saturated heterocycles. The second-order valence-corrected chi connectivity index (χ2v) is 9.37. The molecule has 8 heteroatoms. The van der Waals surface area contributed by atoms with E-state index in [1.807, 2.05) is 32.0 Å². The molecule has 0 aliphatic heterocycles. The van der Waals surface area contributed by atoms with E-state index < -0.39 is 10.0 Å². The minimum absolute atomic E-state index is 0.0974. The van der Waals surface area contributed by atoms with Gasteiger partial charge in [0.05, 0.1) is 30.8 Å². The molecule has 3 aromatic carbocycles. The predicted molar refractivity (Wildman–Crippen MR) is 134 cm³/mol. The third kappa shape index (κ3) is 6.17. The number of sulfonamides is 1. The van der Waals surface area contributed by atoms with Crippen LogP contribution in [0.25, 0.3) is 6.08 Å². The Labute approximate surface area is 200 Å². The van der Waals surface area contributed by atoms with Gasteiger partial charge in [-0.3, -0.25) is 9.52 Å². The Kier molecular flexibility index (Phi) is 7.96. The molecular weight excluding hydrogens is 452 g/mol. The quantitative estimate of drug-likeness (QED) is 0.433. The summed E-state index contributed by atoms with van der Waals surface area (Å²) in [6.07, 6.45) is 3.04. The maximum Gasteiger partial charge on any atom is 0.262 e. The van der Waals surface area contributed by atoms with E-state index in [0.29, 0.717) is 22.7 Å². The molecule has 2 N–H and O–H groups in total. The number of anilines is 1. The van der Waals surface area contributed by atoms with Gasteiger partial charge in [-0.25, -0.2) is 8.42 Å². The first-order valence-corrected chi connectivity index (χ1v) is 12.1. The molecule has 0 aliphatic rings. The summed E-state index contributed by atoms with van der Waals surface area (Å²) in [5.41, 5.74) is 3.00. The van der Waals surface area contributed by atoms with E-state index in [0.717, 1.165) is 11.1 Å². The van der Waals surface area contributed by atoms with Gasteiger partial charge in [0.25, 0.3) is 10.0 Å². The summed E-state index contributed by atoms with van der Waals surface area (Å²) >= 11 is 0. The lowest BCUT2D eigenvalue weighted by Gasteiger charge is -2.17. The predicted octanol–water partition coefficient (Wildman–Crippen LogP) is 4.70. The van der Waals surface area contributed by atoms with E-state index in [4.69, 9.17) is 9.47 Å².